The summed E-state index contributed by atoms with van der Waals surface area (Å²) in [6.45, 7) is 0. The molecule has 0 saturated heterocycles. The fourth-order valence-corrected chi connectivity index (χ4v) is 0.833. The molecule has 2 heterocycles. The number of aromatic nitrogens is 5. The minimum absolute atomic E-state index is 0.0729. The molecule has 0 aliphatic carbocycles. The van der Waals surface area contributed by atoms with Gasteiger partial charge in [0.15, 0.2) is 0 Å². The first-order chi connectivity index (χ1) is 6.74. The van der Waals surface area contributed by atoms with Gasteiger partial charge in [0, 0.05) is 7.05 Å². The van der Waals surface area contributed by atoms with Crippen LogP contribution in [0, 0.1) is 5.95 Å². The van der Waals surface area contributed by atoms with E-state index in [0.29, 0.717) is 0 Å². The Hall–Kier alpha value is -2.05. The first-order valence-corrected chi connectivity index (χ1v) is 3.75. The Morgan fingerprint density at radius 2 is 2.21 bits per heavy atom. The van der Waals surface area contributed by atoms with Crippen molar-refractivity contribution in [3.8, 4) is 11.9 Å². The molecule has 2 rings (SSSR count). The predicted octanol–water partition coefficient (Wildman–Crippen LogP) is 0.536. The summed E-state index contributed by atoms with van der Waals surface area (Å²) in [4.78, 5) is 10.8. The molecule has 0 unspecified atom stereocenters. The summed E-state index contributed by atoms with van der Waals surface area (Å²) in [7, 11) is 1.69. The van der Waals surface area contributed by atoms with Crippen molar-refractivity contribution in [2.24, 2.45) is 7.05 Å². The number of aryl methyl sites for hydroxylation is 1. The maximum atomic E-state index is 12.6. The fourth-order valence-electron chi connectivity index (χ4n) is 0.833. The average molecular weight is 195 g/mol. The number of halogens is 1. The van der Waals surface area contributed by atoms with Crippen molar-refractivity contribution in [1.29, 1.82) is 0 Å². The van der Waals surface area contributed by atoms with Crippen molar-refractivity contribution >= 4 is 0 Å². The normalized spacial score (nSPS) is 10.1. The average Bonchev–Trinajstić information content (AvgIpc) is 2.51. The zero-order chi connectivity index (χ0) is 9.97. The van der Waals surface area contributed by atoms with E-state index in [-0.39, 0.29) is 11.9 Å². The topological polar surface area (TPSA) is 65.7 Å². The second-order valence-electron chi connectivity index (χ2n) is 2.48. The molecule has 0 aromatic carbocycles. The van der Waals surface area contributed by atoms with E-state index < -0.39 is 5.95 Å². The quantitative estimate of drug-likeness (QED) is 0.654. The third-order valence-electron chi connectivity index (χ3n) is 1.38. The Bertz CT molecular complexity index is 443. The van der Waals surface area contributed by atoms with Crippen LogP contribution in [-0.4, -0.2) is 24.7 Å². The molecular weight excluding hydrogens is 189 g/mol. The van der Waals surface area contributed by atoms with Crippen LogP contribution in [0.25, 0.3) is 0 Å². The summed E-state index contributed by atoms with van der Waals surface area (Å²) >= 11 is 0. The summed E-state index contributed by atoms with van der Waals surface area (Å²) in [5.41, 5.74) is 0. The molecule has 2 aromatic rings. The third-order valence-corrected chi connectivity index (χ3v) is 1.38. The van der Waals surface area contributed by atoms with Gasteiger partial charge in [0.1, 0.15) is 12.7 Å². The molecule has 0 fully saturated rings. The van der Waals surface area contributed by atoms with E-state index >= 15 is 0 Å². The van der Waals surface area contributed by atoms with Crippen molar-refractivity contribution in [2.45, 2.75) is 0 Å². The molecule has 0 atom stereocenters. The van der Waals surface area contributed by atoms with Crippen molar-refractivity contribution in [2.75, 3.05) is 0 Å². The molecule has 7 heteroatoms. The lowest BCUT2D eigenvalue weighted by atomic mass is 10.6. The fraction of sp³-hybridized carbons (Fsp3) is 0.143. The Kier molecular flexibility index (Phi) is 2.05. The molecular formula is C7H6FN5O. The van der Waals surface area contributed by atoms with Gasteiger partial charge in [0.2, 0.25) is 11.8 Å². The molecule has 2 aromatic heterocycles. The van der Waals surface area contributed by atoms with Crippen molar-refractivity contribution in [3.05, 3.63) is 24.7 Å². The smallest absolute Gasteiger partial charge is 0.342 e. The van der Waals surface area contributed by atoms with Crippen LogP contribution < -0.4 is 4.74 Å². The zero-order valence-electron chi connectivity index (χ0n) is 7.25. The molecule has 0 spiro atoms. The maximum absolute atomic E-state index is 12.6. The Morgan fingerprint density at radius 3 is 2.86 bits per heavy atom. The molecule has 0 radical (unpaired) electrons. The van der Waals surface area contributed by atoms with Crippen LogP contribution in [0.4, 0.5) is 4.39 Å². The highest BCUT2D eigenvalue weighted by molar-refractivity contribution is 5.11. The van der Waals surface area contributed by atoms with E-state index in [4.69, 9.17) is 4.74 Å². The van der Waals surface area contributed by atoms with E-state index in [1.54, 1.807) is 7.05 Å². The molecule has 0 bridgehead atoms. The largest absolute Gasteiger partial charge is 0.404 e. The van der Waals surface area contributed by atoms with Crippen LogP contribution in [0.2, 0.25) is 0 Å². The minimum Gasteiger partial charge on any atom is -0.404 e. The van der Waals surface area contributed by atoms with Gasteiger partial charge in [0.05, 0.1) is 6.07 Å². The third kappa shape index (κ3) is 1.82. The van der Waals surface area contributed by atoms with E-state index in [1.807, 2.05) is 0 Å². The molecule has 0 saturated carbocycles. The lowest BCUT2D eigenvalue weighted by Crippen LogP contribution is -1.93. The molecule has 0 amide bonds. The number of ether oxygens (including phenoxy) is 1. The highest BCUT2D eigenvalue weighted by Crippen LogP contribution is 2.12. The lowest BCUT2D eigenvalue weighted by molar-refractivity contribution is 0.414. The zero-order valence-corrected chi connectivity index (χ0v) is 7.25. The van der Waals surface area contributed by atoms with Gasteiger partial charge < -0.3 is 4.74 Å². The highest BCUT2D eigenvalue weighted by atomic mass is 19.1. The number of nitrogens with zero attached hydrogens (tertiary/aromatic N) is 5. The number of hydrogen-bond donors (Lipinski definition) is 0. The molecule has 0 aliphatic rings. The van der Waals surface area contributed by atoms with Crippen molar-refractivity contribution in [1.82, 2.24) is 24.7 Å². The Morgan fingerprint density at radius 1 is 1.36 bits per heavy atom. The standard InChI is InChI=1S/C7H6FN5O/c1-13-4-11-7(12-13)14-6-2-5(8)9-3-10-6/h2-4H,1H3. The van der Waals surface area contributed by atoms with Gasteiger partial charge in [-0.25, -0.2) is 9.97 Å². The molecule has 0 N–H and O–H groups in total. The van der Waals surface area contributed by atoms with Crippen molar-refractivity contribution < 1.29 is 9.13 Å². The molecule has 6 nitrogen and oxygen atoms in total. The summed E-state index contributed by atoms with van der Waals surface area (Å²) in [6, 6.07) is 1.17. The van der Waals surface area contributed by atoms with Crippen molar-refractivity contribution in [3.63, 3.8) is 0 Å². The molecule has 72 valence electrons. The maximum Gasteiger partial charge on any atom is 0.342 e. The van der Waals surface area contributed by atoms with E-state index in [9.17, 15) is 4.39 Å². The molecule has 0 aliphatic heterocycles. The minimum atomic E-state index is -0.661. The van der Waals surface area contributed by atoms with Crippen LogP contribution in [0.5, 0.6) is 11.9 Å². The van der Waals surface area contributed by atoms with Gasteiger partial charge in [-0.15, -0.1) is 5.10 Å². The first-order valence-electron chi connectivity index (χ1n) is 3.75. The lowest BCUT2D eigenvalue weighted by Gasteiger charge is -1.97. The van der Waals surface area contributed by atoms with E-state index in [1.165, 1.54) is 11.0 Å². The van der Waals surface area contributed by atoms with Crippen LogP contribution in [-0.2, 0) is 7.05 Å². The predicted molar refractivity (Wildman–Crippen MR) is 43.1 cm³/mol. The number of hydrogen-bond acceptors (Lipinski definition) is 5. The summed E-state index contributed by atoms with van der Waals surface area (Å²) in [5, 5.41) is 3.84. The van der Waals surface area contributed by atoms with Crippen LogP contribution in [0.15, 0.2) is 18.7 Å². The first kappa shape index (κ1) is 8.54. The van der Waals surface area contributed by atoms with Gasteiger partial charge in [-0.3, -0.25) is 4.68 Å². The van der Waals surface area contributed by atoms with Gasteiger partial charge in [-0.2, -0.15) is 9.37 Å². The second-order valence-corrected chi connectivity index (χ2v) is 2.48. The van der Waals surface area contributed by atoms with Crippen LogP contribution in [0.1, 0.15) is 0 Å². The summed E-state index contributed by atoms with van der Waals surface area (Å²) in [6.07, 6.45) is 2.53. The summed E-state index contributed by atoms with van der Waals surface area (Å²) in [5.74, 6) is -0.588. The monoisotopic (exact) mass is 195 g/mol. The molecule has 14 heavy (non-hydrogen) atoms. The van der Waals surface area contributed by atoms with Gasteiger partial charge >= 0.3 is 6.01 Å². The highest BCUT2D eigenvalue weighted by Gasteiger charge is 2.04. The summed E-state index contributed by atoms with van der Waals surface area (Å²) < 4.78 is 19.1. The van der Waals surface area contributed by atoms with Crippen LogP contribution >= 0.6 is 0 Å². The number of rotatable bonds is 2. The van der Waals surface area contributed by atoms with Gasteiger partial charge in [-0.05, 0) is 0 Å². The van der Waals surface area contributed by atoms with E-state index in [0.717, 1.165) is 12.4 Å². The SMILES string of the molecule is Cn1cnc(Oc2cc(F)ncn2)n1. The van der Waals surface area contributed by atoms with Crippen LogP contribution in [0.3, 0.4) is 0 Å². The Balaban J connectivity index is 2.18. The van der Waals surface area contributed by atoms with Gasteiger partial charge in [0.25, 0.3) is 0 Å². The second kappa shape index (κ2) is 3.36. The van der Waals surface area contributed by atoms with E-state index in [2.05, 4.69) is 20.1 Å². The van der Waals surface area contributed by atoms with Gasteiger partial charge in [-0.1, -0.05) is 0 Å². The Labute approximate surface area is 78.4 Å².